The molecule has 3 heterocycles. The van der Waals surface area contributed by atoms with Crippen LogP contribution in [0.5, 0.6) is 5.88 Å². The minimum Gasteiger partial charge on any atom is -0.858 e. The Balaban J connectivity index is 1.76. The average Bonchev–Trinajstić information content (AvgIpc) is 3.25. The Morgan fingerprint density at radius 3 is 2.35 bits per heavy atom. The monoisotopic (exact) mass is 470 g/mol. The number of benzene rings is 2. The Kier molecular flexibility index (Phi) is 5.26. The smallest absolute Gasteiger partial charge is 0.331 e. The number of carbonyl (C=O) groups is 2. The summed E-state index contributed by atoms with van der Waals surface area (Å²) in [5, 5.41) is 18.3. The summed E-state index contributed by atoms with van der Waals surface area (Å²) in [6.07, 6.45) is 3.42. The van der Waals surface area contributed by atoms with Gasteiger partial charge >= 0.3 is 5.91 Å². The zero-order valence-electron chi connectivity index (χ0n) is 18.4. The molecule has 1 aliphatic rings. The Hall–Kier alpha value is -4.23. The second-order valence-electron chi connectivity index (χ2n) is 7.95. The third-order valence-electron chi connectivity index (χ3n) is 5.60. The first-order valence-corrected chi connectivity index (χ1v) is 10.9. The molecule has 4 aromatic rings. The quantitative estimate of drug-likeness (QED) is 0.338. The Bertz CT molecular complexity index is 1490. The van der Waals surface area contributed by atoms with Crippen LogP contribution in [0.25, 0.3) is 17.0 Å². The molecular weight excluding hydrogens is 452 g/mol. The van der Waals surface area contributed by atoms with Crippen LogP contribution in [0.1, 0.15) is 16.8 Å². The Morgan fingerprint density at radius 2 is 1.65 bits per heavy atom. The van der Waals surface area contributed by atoms with Crippen molar-refractivity contribution >= 4 is 40.4 Å². The summed E-state index contributed by atoms with van der Waals surface area (Å²) in [7, 11) is 0. The van der Waals surface area contributed by atoms with Crippen LogP contribution in [0, 0.1) is 13.8 Å². The van der Waals surface area contributed by atoms with Gasteiger partial charge in [0.15, 0.2) is 12.4 Å². The van der Waals surface area contributed by atoms with Crippen molar-refractivity contribution in [1.82, 2.24) is 9.78 Å². The van der Waals surface area contributed by atoms with E-state index >= 15 is 0 Å². The first-order valence-electron chi connectivity index (χ1n) is 10.6. The first kappa shape index (κ1) is 21.6. The third-order valence-corrected chi connectivity index (χ3v) is 5.84. The SMILES string of the molecule is Cc1ccc[n+](C2=C(c3c(C)nn(-c4ccccc4)c3[O-])C(=O)N(c3cccc(Cl)c3)C2=O)c1. The molecule has 0 spiro atoms. The van der Waals surface area contributed by atoms with Crippen molar-refractivity contribution in [2.75, 3.05) is 4.90 Å². The lowest BCUT2D eigenvalue weighted by Crippen LogP contribution is -2.39. The minimum absolute atomic E-state index is 0.00487. The number of pyridine rings is 1. The van der Waals surface area contributed by atoms with E-state index in [4.69, 9.17) is 11.6 Å². The van der Waals surface area contributed by atoms with E-state index < -0.39 is 17.7 Å². The van der Waals surface area contributed by atoms with Crippen molar-refractivity contribution in [3.05, 3.63) is 101 Å². The van der Waals surface area contributed by atoms with Gasteiger partial charge in [0.05, 0.1) is 17.1 Å². The van der Waals surface area contributed by atoms with E-state index in [-0.39, 0.29) is 16.8 Å². The lowest BCUT2D eigenvalue weighted by Gasteiger charge is -2.15. The van der Waals surface area contributed by atoms with E-state index in [1.165, 1.54) is 10.7 Å². The maximum absolute atomic E-state index is 13.8. The molecule has 0 aliphatic carbocycles. The molecule has 2 amide bonds. The highest BCUT2D eigenvalue weighted by Crippen LogP contribution is 2.38. The summed E-state index contributed by atoms with van der Waals surface area (Å²) < 4.78 is 2.82. The molecule has 0 radical (unpaired) electrons. The maximum atomic E-state index is 13.8. The van der Waals surface area contributed by atoms with Gasteiger partial charge in [-0.15, -0.1) is 0 Å². The van der Waals surface area contributed by atoms with Gasteiger partial charge in [0.2, 0.25) is 0 Å². The van der Waals surface area contributed by atoms with Gasteiger partial charge in [0.25, 0.3) is 11.6 Å². The fraction of sp³-hybridized carbons (Fsp3) is 0.0769. The number of nitrogens with zero attached hydrogens (tertiary/aromatic N) is 4. The lowest BCUT2D eigenvalue weighted by atomic mass is 10.0. The zero-order valence-corrected chi connectivity index (χ0v) is 19.2. The highest BCUT2D eigenvalue weighted by Gasteiger charge is 2.47. The molecule has 0 saturated carbocycles. The molecule has 0 bridgehead atoms. The fourth-order valence-electron chi connectivity index (χ4n) is 4.10. The number of aryl methyl sites for hydroxylation is 2. The normalized spacial score (nSPS) is 13.8. The number of anilines is 1. The molecule has 5 rings (SSSR count). The number of aromatic nitrogens is 3. The van der Waals surface area contributed by atoms with Crippen LogP contribution < -0.4 is 14.6 Å². The van der Waals surface area contributed by atoms with Gasteiger partial charge in [-0.25, -0.2) is 9.58 Å². The van der Waals surface area contributed by atoms with E-state index in [1.807, 2.05) is 19.1 Å². The number of rotatable bonds is 4. The Morgan fingerprint density at radius 1 is 0.912 bits per heavy atom. The van der Waals surface area contributed by atoms with Crippen LogP contribution in [0.3, 0.4) is 0 Å². The van der Waals surface area contributed by atoms with Crippen LogP contribution in [-0.4, -0.2) is 21.6 Å². The third kappa shape index (κ3) is 3.47. The van der Waals surface area contributed by atoms with Crippen molar-refractivity contribution in [3.63, 3.8) is 0 Å². The van der Waals surface area contributed by atoms with Crippen LogP contribution in [0.15, 0.2) is 79.1 Å². The first-order chi connectivity index (χ1) is 16.4. The van der Waals surface area contributed by atoms with E-state index in [2.05, 4.69) is 5.10 Å². The molecule has 0 atom stereocenters. The second-order valence-corrected chi connectivity index (χ2v) is 8.39. The molecular formula is C26H19ClN4O3. The summed E-state index contributed by atoms with van der Waals surface area (Å²) in [6, 6.07) is 19.1. The molecule has 8 heteroatoms. The standard InChI is InChI=1S/C26H19ClN4O3/c1-16-8-7-13-29(15-16)23-22(24(32)30(26(23)34)20-12-6-9-18(27)14-20)21-17(2)28-31(25(21)33)19-10-4-3-5-11-19/h3-15H,1-2H3. The van der Waals surface area contributed by atoms with Crippen molar-refractivity contribution in [1.29, 1.82) is 0 Å². The summed E-state index contributed by atoms with van der Waals surface area (Å²) in [5.41, 5.74) is 2.31. The van der Waals surface area contributed by atoms with E-state index in [0.29, 0.717) is 22.1 Å². The summed E-state index contributed by atoms with van der Waals surface area (Å²) in [6.45, 7) is 3.53. The largest absolute Gasteiger partial charge is 0.858 e. The van der Waals surface area contributed by atoms with Crippen LogP contribution in [0.4, 0.5) is 5.69 Å². The molecule has 34 heavy (non-hydrogen) atoms. The van der Waals surface area contributed by atoms with E-state index in [9.17, 15) is 14.7 Å². The van der Waals surface area contributed by atoms with Gasteiger partial charge in [-0.2, -0.15) is 9.67 Å². The number of hydrogen-bond donors (Lipinski definition) is 0. The van der Waals surface area contributed by atoms with Crippen molar-refractivity contribution in [2.45, 2.75) is 13.8 Å². The second kappa shape index (κ2) is 8.28. The number of carbonyl (C=O) groups excluding carboxylic acids is 2. The summed E-state index contributed by atoms with van der Waals surface area (Å²) in [4.78, 5) is 28.5. The molecule has 2 aromatic heterocycles. The molecule has 0 fully saturated rings. The van der Waals surface area contributed by atoms with Gasteiger partial charge in [-0.05, 0) is 56.1 Å². The molecule has 168 valence electrons. The van der Waals surface area contributed by atoms with Crippen molar-refractivity contribution in [3.8, 4) is 11.6 Å². The van der Waals surface area contributed by atoms with Crippen LogP contribution in [0.2, 0.25) is 5.02 Å². The van der Waals surface area contributed by atoms with Crippen molar-refractivity contribution < 1.29 is 19.3 Å². The Labute approximate surface area is 200 Å². The average molecular weight is 471 g/mol. The highest BCUT2D eigenvalue weighted by atomic mass is 35.5. The van der Waals surface area contributed by atoms with Crippen LogP contribution >= 0.6 is 11.6 Å². The fourth-order valence-corrected chi connectivity index (χ4v) is 4.29. The number of imide groups is 1. The number of halogens is 1. The molecule has 1 aliphatic heterocycles. The maximum Gasteiger partial charge on any atom is 0.331 e. The molecule has 2 aromatic carbocycles. The molecule has 7 nitrogen and oxygen atoms in total. The van der Waals surface area contributed by atoms with Gasteiger partial charge in [0.1, 0.15) is 5.57 Å². The van der Waals surface area contributed by atoms with Crippen LogP contribution in [-0.2, 0) is 9.59 Å². The zero-order chi connectivity index (χ0) is 24.0. The van der Waals surface area contributed by atoms with Gasteiger partial charge in [-0.3, -0.25) is 9.59 Å². The van der Waals surface area contributed by atoms with Crippen molar-refractivity contribution in [2.24, 2.45) is 0 Å². The van der Waals surface area contributed by atoms with Gasteiger partial charge in [-0.1, -0.05) is 35.9 Å². The van der Waals surface area contributed by atoms with E-state index in [0.717, 1.165) is 10.5 Å². The van der Waals surface area contributed by atoms with Gasteiger partial charge in [0, 0.05) is 22.2 Å². The summed E-state index contributed by atoms with van der Waals surface area (Å²) >= 11 is 6.14. The molecule has 0 unspecified atom stereocenters. The predicted molar refractivity (Wildman–Crippen MR) is 126 cm³/mol. The summed E-state index contributed by atoms with van der Waals surface area (Å²) in [5.74, 6) is -1.63. The number of hydrogen-bond acceptors (Lipinski definition) is 4. The molecule has 0 N–H and O–H groups in total. The topological polar surface area (TPSA) is 82.1 Å². The number of amides is 2. The van der Waals surface area contributed by atoms with E-state index in [1.54, 1.807) is 72.4 Å². The minimum atomic E-state index is -0.607. The lowest BCUT2D eigenvalue weighted by molar-refractivity contribution is -0.577. The molecule has 0 saturated heterocycles. The van der Waals surface area contributed by atoms with Gasteiger partial charge < -0.3 is 5.11 Å². The highest BCUT2D eigenvalue weighted by molar-refractivity contribution is 6.53. The predicted octanol–water partition coefficient (Wildman–Crippen LogP) is 3.45. The number of para-hydroxylation sites is 1.